The molecule has 0 aliphatic rings. The minimum absolute atomic E-state index is 0.218. The molecule has 2 N–H and O–H groups in total. The monoisotopic (exact) mass is 381 g/mol. The highest BCUT2D eigenvalue weighted by Crippen LogP contribution is 2.24. The molecule has 1 atom stereocenters. The van der Waals surface area contributed by atoms with Gasteiger partial charge in [-0.25, -0.2) is 0 Å². The average Bonchev–Trinajstić information content (AvgIpc) is 2.68. The van der Waals surface area contributed by atoms with Gasteiger partial charge in [-0.3, -0.25) is 4.79 Å². The molecule has 0 saturated heterocycles. The van der Waals surface area contributed by atoms with E-state index >= 15 is 0 Å². The number of aliphatic hydroxyl groups excluding tert-OH is 1. The Hall–Kier alpha value is -2.75. The Bertz CT molecular complexity index is 779. The topological polar surface area (TPSA) is 58.6 Å². The molecule has 0 bridgehead atoms. The SMILES string of the molecule is CCCC(C)COc1ccc(C(=CO)C(=O)NC(C)(C)c2ccccc2)cc1. The van der Waals surface area contributed by atoms with E-state index < -0.39 is 5.54 Å². The van der Waals surface area contributed by atoms with Gasteiger partial charge in [0.05, 0.1) is 24.0 Å². The van der Waals surface area contributed by atoms with Crippen molar-refractivity contribution in [2.45, 2.75) is 46.1 Å². The van der Waals surface area contributed by atoms with Crippen LogP contribution in [0.5, 0.6) is 5.75 Å². The second-order valence-corrected chi connectivity index (χ2v) is 7.72. The van der Waals surface area contributed by atoms with Crippen LogP contribution in [0.3, 0.4) is 0 Å². The van der Waals surface area contributed by atoms with Gasteiger partial charge in [-0.1, -0.05) is 62.7 Å². The van der Waals surface area contributed by atoms with E-state index in [-0.39, 0.29) is 11.5 Å². The van der Waals surface area contributed by atoms with E-state index in [1.807, 2.05) is 56.3 Å². The van der Waals surface area contributed by atoms with E-state index in [9.17, 15) is 9.90 Å². The Balaban J connectivity index is 2.05. The van der Waals surface area contributed by atoms with Crippen molar-refractivity contribution in [3.8, 4) is 5.75 Å². The predicted molar refractivity (Wildman–Crippen MR) is 114 cm³/mol. The molecule has 4 nitrogen and oxygen atoms in total. The van der Waals surface area contributed by atoms with Crippen molar-refractivity contribution in [3.05, 3.63) is 72.0 Å². The molecule has 2 rings (SSSR count). The Labute approximate surface area is 168 Å². The largest absolute Gasteiger partial charge is 0.515 e. The normalized spacial score (nSPS) is 13.1. The van der Waals surface area contributed by atoms with Gasteiger partial charge in [0.15, 0.2) is 0 Å². The van der Waals surface area contributed by atoms with Crippen LogP contribution < -0.4 is 10.1 Å². The third-order valence-electron chi connectivity index (χ3n) is 4.78. The fraction of sp³-hybridized carbons (Fsp3) is 0.375. The molecular formula is C24H31NO3. The summed E-state index contributed by atoms with van der Waals surface area (Å²) < 4.78 is 5.81. The van der Waals surface area contributed by atoms with Gasteiger partial charge in [0.1, 0.15) is 5.75 Å². The standard InChI is InChI=1S/C24H31NO3/c1-5-9-18(2)17-28-21-14-12-19(13-15-21)22(16-26)23(27)25-24(3,4)20-10-7-6-8-11-20/h6-8,10-16,18,26H,5,9,17H2,1-4H3,(H,25,27). The second kappa shape index (κ2) is 9.98. The first-order chi connectivity index (χ1) is 13.4. The van der Waals surface area contributed by atoms with Gasteiger partial charge in [-0.05, 0) is 49.4 Å². The molecule has 4 heteroatoms. The molecule has 28 heavy (non-hydrogen) atoms. The molecule has 150 valence electrons. The van der Waals surface area contributed by atoms with Gasteiger partial charge in [0.25, 0.3) is 5.91 Å². The number of carbonyl (C=O) groups is 1. The zero-order chi connectivity index (χ0) is 20.6. The number of carbonyl (C=O) groups excluding carboxylic acids is 1. The third-order valence-corrected chi connectivity index (χ3v) is 4.78. The van der Waals surface area contributed by atoms with E-state index in [1.165, 1.54) is 0 Å². The Kier molecular flexibility index (Phi) is 7.68. The van der Waals surface area contributed by atoms with Crippen molar-refractivity contribution in [1.29, 1.82) is 0 Å². The van der Waals surface area contributed by atoms with Crippen molar-refractivity contribution in [1.82, 2.24) is 5.32 Å². The van der Waals surface area contributed by atoms with Gasteiger partial charge in [0.2, 0.25) is 0 Å². The first-order valence-electron chi connectivity index (χ1n) is 9.83. The summed E-state index contributed by atoms with van der Waals surface area (Å²) in [5.74, 6) is 0.930. The number of amides is 1. The van der Waals surface area contributed by atoms with Crippen LogP contribution in [0, 0.1) is 5.92 Å². The summed E-state index contributed by atoms with van der Waals surface area (Å²) >= 11 is 0. The van der Waals surface area contributed by atoms with Crippen molar-refractivity contribution in [2.75, 3.05) is 6.61 Å². The number of benzene rings is 2. The molecule has 0 saturated carbocycles. The minimum atomic E-state index is -0.564. The summed E-state index contributed by atoms with van der Waals surface area (Å²) in [7, 11) is 0. The van der Waals surface area contributed by atoms with Crippen molar-refractivity contribution < 1.29 is 14.6 Å². The van der Waals surface area contributed by atoms with Crippen LogP contribution >= 0.6 is 0 Å². The fourth-order valence-corrected chi connectivity index (χ4v) is 3.09. The lowest BCUT2D eigenvalue weighted by atomic mass is 9.93. The summed E-state index contributed by atoms with van der Waals surface area (Å²) in [6, 6.07) is 17.0. The van der Waals surface area contributed by atoms with E-state index in [1.54, 1.807) is 12.1 Å². The number of hydrogen-bond acceptors (Lipinski definition) is 3. The molecule has 0 heterocycles. The van der Waals surface area contributed by atoms with Crippen LogP contribution in [0.25, 0.3) is 5.57 Å². The number of hydrogen-bond donors (Lipinski definition) is 2. The molecule has 2 aromatic rings. The highest BCUT2D eigenvalue weighted by Gasteiger charge is 2.25. The van der Waals surface area contributed by atoms with Crippen LogP contribution in [0.1, 0.15) is 51.7 Å². The summed E-state index contributed by atoms with van der Waals surface area (Å²) in [4.78, 5) is 12.8. The van der Waals surface area contributed by atoms with E-state index in [2.05, 4.69) is 19.2 Å². The Morgan fingerprint density at radius 2 is 1.79 bits per heavy atom. The maximum atomic E-state index is 12.8. The molecule has 0 fully saturated rings. The molecular weight excluding hydrogens is 350 g/mol. The molecule has 0 aromatic heterocycles. The van der Waals surface area contributed by atoms with Crippen LogP contribution in [0.15, 0.2) is 60.9 Å². The van der Waals surface area contributed by atoms with E-state index in [4.69, 9.17) is 4.74 Å². The summed E-state index contributed by atoms with van der Waals surface area (Å²) in [6.45, 7) is 8.87. The van der Waals surface area contributed by atoms with Gasteiger partial charge in [0, 0.05) is 0 Å². The van der Waals surface area contributed by atoms with Gasteiger partial charge < -0.3 is 15.2 Å². The quantitative estimate of drug-likeness (QED) is 0.448. The summed E-state index contributed by atoms with van der Waals surface area (Å²) in [6.07, 6.45) is 3.13. The lowest BCUT2D eigenvalue weighted by Gasteiger charge is -2.27. The molecule has 1 unspecified atom stereocenters. The molecule has 0 spiro atoms. The average molecular weight is 382 g/mol. The van der Waals surface area contributed by atoms with E-state index in [0.29, 0.717) is 18.1 Å². The Morgan fingerprint density at radius 1 is 1.14 bits per heavy atom. The smallest absolute Gasteiger partial charge is 0.255 e. The van der Waals surface area contributed by atoms with Crippen LogP contribution in [-0.4, -0.2) is 17.6 Å². The lowest BCUT2D eigenvalue weighted by Crippen LogP contribution is -2.41. The first-order valence-corrected chi connectivity index (χ1v) is 9.83. The van der Waals surface area contributed by atoms with Crippen molar-refractivity contribution in [2.24, 2.45) is 5.92 Å². The van der Waals surface area contributed by atoms with Crippen LogP contribution in [-0.2, 0) is 10.3 Å². The predicted octanol–water partition coefficient (Wildman–Crippen LogP) is 5.45. The van der Waals surface area contributed by atoms with Crippen LogP contribution in [0.2, 0.25) is 0 Å². The molecule has 0 aliphatic carbocycles. The number of aliphatic hydroxyl groups is 1. The van der Waals surface area contributed by atoms with Gasteiger partial charge in [-0.15, -0.1) is 0 Å². The zero-order valence-electron chi connectivity index (χ0n) is 17.2. The third kappa shape index (κ3) is 5.88. The zero-order valence-corrected chi connectivity index (χ0v) is 17.2. The van der Waals surface area contributed by atoms with Crippen molar-refractivity contribution in [3.63, 3.8) is 0 Å². The number of nitrogens with one attached hydrogen (secondary N) is 1. The van der Waals surface area contributed by atoms with Gasteiger partial charge >= 0.3 is 0 Å². The minimum Gasteiger partial charge on any atom is -0.515 e. The second-order valence-electron chi connectivity index (χ2n) is 7.72. The highest BCUT2D eigenvalue weighted by atomic mass is 16.5. The highest BCUT2D eigenvalue weighted by molar-refractivity contribution is 6.19. The van der Waals surface area contributed by atoms with Crippen LogP contribution in [0.4, 0.5) is 0 Å². The summed E-state index contributed by atoms with van der Waals surface area (Å²) in [5, 5.41) is 12.7. The fourth-order valence-electron chi connectivity index (χ4n) is 3.09. The Morgan fingerprint density at radius 3 is 2.36 bits per heavy atom. The molecule has 0 radical (unpaired) electrons. The molecule has 2 aromatic carbocycles. The number of rotatable bonds is 9. The maximum absolute atomic E-state index is 12.8. The molecule has 0 aliphatic heterocycles. The number of ether oxygens (including phenoxy) is 1. The first kappa shape index (κ1) is 21.5. The molecule has 1 amide bonds. The summed E-state index contributed by atoms with van der Waals surface area (Å²) in [5.41, 5.74) is 1.28. The lowest BCUT2D eigenvalue weighted by molar-refractivity contribution is -0.117. The van der Waals surface area contributed by atoms with Crippen molar-refractivity contribution >= 4 is 11.5 Å². The van der Waals surface area contributed by atoms with Gasteiger partial charge in [-0.2, -0.15) is 0 Å². The maximum Gasteiger partial charge on any atom is 0.255 e. The van der Waals surface area contributed by atoms with E-state index in [0.717, 1.165) is 30.4 Å².